The lowest BCUT2D eigenvalue weighted by atomic mass is 9.71. The summed E-state index contributed by atoms with van der Waals surface area (Å²) in [5.74, 6) is -1.40. The van der Waals surface area contributed by atoms with Gasteiger partial charge in [-0.25, -0.2) is 22.8 Å². The van der Waals surface area contributed by atoms with E-state index in [9.17, 15) is 13.2 Å². The average molecular weight is 492 g/mol. The van der Waals surface area contributed by atoms with Crippen LogP contribution in [0.5, 0.6) is 5.88 Å². The van der Waals surface area contributed by atoms with Gasteiger partial charge in [0.15, 0.2) is 9.84 Å². The average Bonchev–Trinajstić information content (AvgIpc) is 3.10. The van der Waals surface area contributed by atoms with Crippen LogP contribution in [-0.4, -0.2) is 61.0 Å². The van der Waals surface area contributed by atoms with Crippen LogP contribution in [0.2, 0.25) is 0 Å². The quantitative estimate of drug-likeness (QED) is 0.642. The van der Waals surface area contributed by atoms with Crippen LogP contribution in [0.4, 0.5) is 10.1 Å². The number of amides is 1. The first-order chi connectivity index (χ1) is 15.9. The van der Waals surface area contributed by atoms with E-state index in [1.54, 1.807) is 6.92 Å². The molecule has 0 spiro atoms. The van der Waals surface area contributed by atoms with Crippen molar-refractivity contribution in [2.75, 3.05) is 25.3 Å². The second kappa shape index (κ2) is 8.27. The lowest BCUT2D eigenvalue weighted by Crippen LogP contribution is -2.57. The third-order valence-corrected chi connectivity index (χ3v) is 8.81. The molecule has 34 heavy (non-hydrogen) atoms. The smallest absolute Gasteiger partial charge is 0.275 e. The number of methoxy groups -OCH3 is 1. The van der Waals surface area contributed by atoms with Gasteiger partial charge in [-0.15, -0.1) is 0 Å². The number of fused-ring (bicyclic) bond motifs is 1. The first-order valence-corrected chi connectivity index (χ1v) is 12.4. The summed E-state index contributed by atoms with van der Waals surface area (Å²) in [4.78, 5) is 25.2. The van der Waals surface area contributed by atoms with Gasteiger partial charge in [-0.3, -0.25) is 9.79 Å². The molecule has 2 aliphatic heterocycles. The van der Waals surface area contributed by atoms with E-state index in [1.165, 1.54) is 44.6 Å². The number of aliphatic imine (C=N–C) groups is 1. The molecule has 3 heterocycles. The summed E-state index contributed by atoms with van der Waals surface area (Å²) >= 11 is 0. The minimum atomic E-state index is -3.60. The third kappa shape index (κ3) is 3.80. The Morgan fingerprint density at radius 1 is 1.32 bits per heavy atom. The zero-order valence-corrected chi connectivity index (χ0v) is 20.0. The van der Waals surface area contributed by atoms with E-state index in [0.717, 1.165) is 6.26 Å². The number of ether oxygens (including phenoxy) is 2. The minimum absolute atomic E-state index is 0.0254. The second-order valence-corrected chi connectivity index (χ2v) is 11.3. The van der Waals surface area contributed by atoms with Gasteiger partial charge >= 0.3 is 0 Å². The summed E-state index contributed by atoms with van der Waals surface area (Å²) in [6, 6.07) is 4.10. The van der Waals surface area contributed by atoms with Crippen LogP contribution in [0.15, 0.2) is 35.6 Å². The van der Waals surface area contributed by atoms with Gasteiger partial charge in [-0.2, -0.15) is 0 Å². The van der Waals surface area contributed by atoms with Crippen LogP contribution >= 0.6 is 0 Å². The van der Waals surface area contributed by atoms with Gasteiger partial charge in [0.25, 0.3) is 5.91 Å². The van der Waals surface area contributed by atoms with Crippen molar-refractivity contribution in [3.8, 4) is 5.88 Å². The third-order valence-electron chi connectivity index (χ3n) is 6.80. The number of anilines is 1. The maximum absolute atomic E-state index is 15.2. The largest absolute Gasteiger partial charge is 0.480 e. The van der Waals surface area contributed by atoms with Gasteiger partial charge in [0.05, 0.1) is 32.2 Å². The van der Waals surface area contributed by atoms with Crippen LogP contribution < -0.4 is 15.8 Å². The van der Waals surface area contributed by atoms with Crippen LogP contribution in [0.1, 0.15) is 36.3 Å². The number of nitrogens with two attached hydrogens (primary N) is 1. The number of nitrogens with zero attached hydrogens (tertiary/aromatic N) is 3. The molecule has 0 bridgehead atoms. The van der Waals surface area contributed by atoms with Crippen molar-refractivity contribution in [1.29, 1.82) is 0 Å². The zero-order valence-electron chi connectivity index (χ0n) is 19.2. The highest BCUT2D eigenvalue weighted by molar-refractivity contribution is 7.92. The number of sulfone groups is 1. The Bertz CT molecular complexity index is 1270. The number of hydrogen-bond acceptors (Lipinski definition) is 9. The van der Waals surface area contributed by atoms with Crippen molar-refractivity contribution >= 4 is 27.3 Å². The first-order valence-electron chi connectivity index (χ1n) is 10.6. The van der Waals surface area contributed by atoms with Crippen molar-refractivity contribution in [3.05, 3.63) is 47.7 Å². The number of rotatable bonds is 5. The Morgan fingerprint density at radius 3 is 2.68 bits per heavy atom. The van der Waals surface area contributed by atoms with E-state index < -0.39 is 37.8 Å². The summed E-state index contributed by atoms with van der Waals surface area (Å²) in [6.07, 6.45) is 3.42. The molecule has 4 rings (SSSR count). The predicted octanol–water partition coefficient (Wildman–Crippen LogP) is 1.67. The molecule has 1 saturated heterocycles. The van der Waals surface area contributed by atoms with Crippen molar-refractivity contribution in [3.63, 3.8) is 0 Å². The number of nitrogens with one attached hydrogen (secondary N) is 1. The fourth-order valence-corrected chi connectivity index (χ4v) is 5.43. The second-order valence-electron chi connectivity index (χ2n) is 8.84. The molecule has 2 aromatic rings. The number of halogens is 1. The fourth-order valence-electron chi connectivity index (χ4n) is 4.53. The Balaban J connectivity index is 1.73. The van der Waals surface area contributed by atoms with Crippen LogP contribution in [0.3, 0.4) is 0 Å². The Labute approximate surface area is 196 Å². The summed E-state index contributed by atoms with van der Waals surface area (Å²) in [7, 11) is -2.17. The van der Waals surface area contributed by atoms with Crippen LogP contribution in [0.25, 0.3) is 0 Å². The van der Waals surface area contributed by atoms with Crippen LogP contribution in [0, 0.1) is 11.7 Å². The fraction of sp³-hybridized carbons (Fsp3) is 0.455. The molecule has 4 atom stereocenters. The van der Waals surface area contributed by atoms with E-state index in [2.05, 4.69) is 20.3 Å². The van der Waals surface area contributed by atoms with Gasteiger partial charge in [-0.1, -0.05) is 0 Å². The number of aromatic nitrogens is 2. The summed E-state index contributed by atoms with van der Waals surface area (Å²) in [6.45, 7) is 3.36. The summed E-state index contributed by atoms with van der Waals surface area (Å²) in [5, 5.41) is 2.68. The molecule has 1 aromatic carbocycles. The maximum Gasteiger partial charge on any atom is 0.275 e. The molecule has 12 heteroatoms. The van der Waals surface area contributed by atoms with Crippen LogP contribution in [-0.2, 0) is 20.1 Å². The molecule has 3 N–H and O–H groups in total. The molecular weight excluding hydrogens is 465 g/mol. The first kappa shape index (κ1) is 24.0. The molecule has 182 valence electrons. The number of amidine groups is 1. The lowest BCUT2D eigenvalue weighted by Gasteiger charge is -2.43. The number of hydrogen-bond donors (Lipinski definition) is 2. The lowest BCUT2D eigenvalue weighted by molar-refractivity contribution is 0.102. The molecule has 1 fully saturated rings. The predicted molar refractivity (Wildman–Crippen MR) is 123 cm³/mol. The maximum atomic E-state index is 15.2. The monoisotopic (exact) mass is 491 g/mol. The molecule has 1 amide bonds. The van der Waals surface area contributed by atoms with E-state index in [0.29, 0.717) is 5.69 Å². The molecule has 0 saturated carbocycles. The molecule has 0 aliphatic carbocycles. The van der Waals surface area contributed by atoms with Gasteiger partial charge in [0, 0.05) is 23.4 Å². The molecule has 1 aromatic heterocycles. The SMILES string of the molecule is COc1cnc(C(=O)Nc2ccc(F)c([C@]34CO[C@H](C)[C@H]3C[C@](C)(S(C)(=O)=O)C(N)=N4)c2)cn1. The summed E-state index contributed by atoms with van der Waals surface area (Å²) in [5.41, 5.74) is 5.48. The summed E-state index contributed by atoms with van der Waals surface area (Å²) < 4.78 is 49.6. The van der Waals surface area contributed by atoms with Gasteiger partial charge in [0.2, 0.25) is 5.88 Å². The highest BCUT2D eigenvalue weighted by atomic mass is 32.2. The van der Waals surface area contributed by atoms with Gasteiger partial charge in [0.1, 0.15) is 27.6 Å². The van der Waals surface area contributed by atoms with Crippen molar-refractivity contribution in [2.45, 2.75) is 36.7 Å². The normalized spacial score (nSPS) is 28.7. The van der Waals surface area contributed by atoms with Crippen molar-refractivity contribution < 1.29 is 27.1 Å². The highest BCUT2D eigenvalue weighted by Crippen LogP contribution is 2.51. The van der Waals surface area contributed by atoms with E-state index in [1.807, 2.05) is 0 Å². The molecular formula is C22H26FN5O5S. The molecule has 0 radical (unpaired) electrons. The van der Waals surface area contributed by atoms with E-state index in [-0.39, 0.29) is 42.1 Å². The zero-order chi connectivity index (χ0) is 24.9. The highest BCUT2D eigenvalue weighted by Gasteiger charge is 2.59. The Kier molecular flexibility index (Phi) is 5.85. The minimum Gasteiger partial charge on any atom is -0.480 e. The Hall–Kier alpha value is -3.12. The standard InChI is InChI=1S/C22H26FN5O5S/c1-12-15-8-21(2,34(4,30)31)20(24)28-22(15,11-33-12)14-7-13(5-6-16(14)23)27-19(29)17-9-26-18(32-3)10-25-17/h5-7,9-10,12,15H,8,11H2,1-4H3,(H2,24,28)(H,27,29)/t12-,15-,21+,22-/m1/s1. The Morgan fingerprint density at radius 2 is 2.06 bits per heavy atom. The van der Waals surface area contributed by atoms with Gasteiger partial charge < -0.3 is 20.5 Å². The van der Waals surface area contributed by atoms with Crippen molar-refractivity contribution in [1.82, 2.24) is 9.97 Å². The topological polar surface area (TPSA) is 146 Å². The number of benzene rings is 1. The van der Waals surface area contributed by atoms with Crippen molar-refractivity contribution in [2.24, 2.45) is 16.6 Å². The van der Waals surface area contributed by atoms with E-state index >= 15 is 4.39 Å². The number of carbonyl (C=O) groups is 1. The molecule has 0 unspecified atom stereocenters. The number of carbonyl (C=O) groups excluding carboxylic acids is 1. The molecule has 10 nitrogen and oxygen atoms in total. The van der Waals surface area contributed by atoms with E-state index in [4.69, 9.17) is 15.2 Å². The molecule has 2 aliphatic rings. The van der Waals surface area contributed by atoms with Gasteiger partial charge in [-0.05, 0) is 38.5 Å².